The zero-order valence-corrected chi connectivity index (χ0v) is 25.2. The fourth-order valence-electron chi connectivity index (χ4n) is 5.33. The van der Waals surface area contributed by atoms with Crippen molar-refractivity contribution in [2.24, 2.45) is 0 Å². The van der Waals surface area contributed by atoms with Gasteiger partial charge in [-0.3, -0.25) is 13.9 Å². The zero-order valence-electron chi connectivity index (χ0n) is 23.6. The van der Waals surface area contributed by atoms with E-state index in [9.17, 15) is 18.0 Å². The SMILES string of the molecule is CCC(C(=O)NC1CCCCC1)N(Cc1cccc(C)c1)C(=O)CN(c1ccc(Cl)cc1)S(=O)(=O)c1ccccc1. The Morgan fingerprint density at radius 3 is 2.27 bits per heavy atom. The first-order valence-electron chi connectivity index (χ1n) is 14.2. The number of carbonyl (C=O) groups excluding carboxylic acids is 2. The average Bonchev–Trinajstić information content (AvgIpc) is 2.97. The summed E-state index contributed by atoms with van der Waals surface area (Å²) in [4.78, 5) is 29.4. The van der Waals surface area contributed by atoms with E-state index in [0.29, 0.717) is 17.1 Å². The number of nitrogens with zero attached hydrogens (tertiary/aromatic N) is 2. The number of sulfonamides is 1. The number of anilines is 1. The van der Waals surface area contributed by atoms with Crippen molar-refractivity contribution in [2.45, 2.75) is 75.9 Å². The lowest BCUT2D eigenvalue weighted by atomic mass is 9.95. The van der Waals surface area contributed by atoms with Crippen LogP contribution in [-0.4, -0.2) is 43.8 Å². The summed E-state index contributed by atoms with van der Waals surface area (Å²) < 4.78 is 28.8. The Morgan fingerprint density at radius 1 is 0.951 bits per heavy atom. The van der Waals surface area contributed by atoms with E-state index in [1.54, 1.807) is 42.5 Å². The lowest BCUT2D eigenvalue weighted by Gasteiger charge is -2.34. The van der Waals surface area contributed by atoms with Gasteiger partial charge in [-0.2, -0.15) is 0 Å². The van der Waals surface area contributed by atoms with E-state index < -0.39 is 28.5 Å². The van der Waals surface area contributed by atoms with Crippen molar-refractivity contribution in [3.63, 3.8) is 0 Å². The first kappa shape index (κ1) is 30.6. The highest BCUT2D eigenvalue weighted by Gasteiger charge is 2.34. The van der Waals surface area contributed by atoms with Crippen LogP contribution >= 0.6 is 11.6 Å². The number of nitrogens with one attached hydrogen (secondary N) is 1. The van der Waals surface area contributed by atoms with Crippen LogP contribution in [0.15, 0.2) is 83.8 Å². The van der Waals surface area contributed by atoms with Crippen LogP contribution in [0.1, 0.15) is 56.6 Å². The molecule has 1 saturated carbocycles. The molecule has 2 amide bonds. The second kappa shape index (κ2) is 14.0. The Labute approximate surface area is 248 Å². The largest absolute Gasteiger partial charge is 0.352 e. The molecule has 0 aromatic heterocycles. The second-order valence-electron chi connectivity index (χ2n) is 10.6. The minimum Gasteiger partial charge on any atom is -0.352 e. The molecule has 1 fully saturated rings. The minimum atomic E-state index is -4.11. The molecule has 0 heterocycles. The molecule has 1 atom stereocenters. The number of rotatable bonds is 11. The van der Waals surface area contributed by atoms with Gasteiger partial charge in [0.2, 0.25) is 11.8 Å². The van der Waals surface area contributed by atoms with Gasteiger partial charge in [0.15, 0.2) is 0 Å². The highest BCUT2D eigenvalue weighted by Crippen LogP contribution is 2.26. The van der Waals surface area contributed by atoms with Gasteiger partial charge in [0.25, 0.3) is 10.0 Å². The maximum Gasteiger partial charge on any atom is 0.264 e. The molecular weight excluding hydrogens is 558 g/mol. The monoisotopic (exact) mass is 595 g/mol. The van der Waals surface area contributed by atoms with Gasteiger partial charge in [0, 0.05) is 17.6 Å². The molecule has 0 radical (unpaired) electrons. The number of hydrogen-bond acceptors (Lipinski definition) is 4. The lowest BCUT2D eigenvalue weighted by Crippen LogP contribution is -2.54. The molecule has 3 aromatic carbocycles. The van der Waals surface area contributed by atoms with Crippen molar-refractivity contribution < 1.29 is 18.0 Å². The number of halogens is 1. The van der Waals surface area contributed by atoms with Crippen LogP contribution in [0.25, 0.3) is 0 Å². The van der Waals surface area contributed by atoms with Crippen LogP contribution in [0.4, 0.5) is 5.69 Å². The molecule has 1 aliphatic carbocycles. The van der Waals surface area contributed by atoms with Gasteiger partial charge in [-0.25, -0.2) is 8.42 Å². The predicted octanol–water partition coefficient (Wildman–Crippen LogP) is 6.10. The molecule has 7 nitrogen and oxygen atoms in total. The summed E-state index contributed by atoms with van der Waals surface area (Å²) in [6.45, 7) is 3.55. The Morgan fingerprint density at radius 2 is 1.63 bits per heavy atom. The smallest absolute Gasteiger partial charge is 0.264 e. The number of hydrogen-bond donors (Lipinski definition) is 1. The summed E-state index contributed by atoms with van der Waals surface area (Å²) in [7, 11) is -4.11. The predicted molar refractivity (Wildman–Crippen MR) is 163 cm³/mol. The van der Waals surface area contributed by atoms with Crippen LogP contribution in [0.5, 0.6) is 0 Å². The fraction of sp³-hybridized carbons (Fsp3) is 0.375. The van der Waals surface area contributed by atoms with E-state index in [2.05, 4.69) is 5.32 Å². The van der Waals surface area contributed by atoms with Gasteiger partial charge < -0.3 is 10.2 Å². The summed E-state index contributed by atoms with van der Waals surface area (Å²) in [5, 5.41) is 3.62. The summed E-state index contributed by atoms with van der Waals surface area (Å²) in [5.74, 6) is -0.670. The third-order valence-corrected chi connectivity index (χ3v) is 9.54. The standard InChI is InChI=1S/C32H38ClN3O4S/c1-3-30(32(38)34-27-13-6-4-7-14-27)35(22-25-12-10-11-24(2)21-25)31(37)23-36(28-19-17-26(33)18-20-28)41(39,40)29-15-8-5-9-16-29/h5,8-12,15-21,27,30H,3-4,6-7,13-14,22-23H2,1-2H3,(H,34,38). The van der Waals surface area contributed by atoms with E-state index in [1.807, 2.05) is 38.1 Å². The molecule has 3 aromatic rings. The van der Waals surface area contributed by atoms with Gasteiger partial charge in [0.05, 0.1) is 10.6 Å². The molecule has 0 aliphatic heterocycles. The maximum atomic E-state index is 14.2. The normalized spacial score (nSPS) is 14.7. The van der Waals surface area contributed by atoms with Crippen molar-refractivity contribution in [1.29, 1.82) is 0 Å². The molecule has 4 rings (SSSR count). The van der Waals surface area contributed by atoms with Crippen molar-refractivity contribution >= 4 is 39.1 Å². The molecule has 0 spiro atoms. The minimum absolute atomic E-state index is 0.0649. The summed E-state index contributed by atoms with van der Waals surface area (Å²) in [5.41, 5.74) is 2.21. The van der Waals surface area contributed by atoms with Crippen molar-refractivity contribution in [3.05, 3.63) is 95.0 Å². The van der Waals surface area contributed by atoms with Crippen LogP contribution in [0, 0.1) is 6.92 Å². The molecule has 41 heavy (non-hydrogen) atoms. The molecule has 1 unspecified atom stereocenters. The molecule has 218 valence electrons. The highest BCUT2D eigenvalue weighted by atomic mass is 35.5. The quantitative estimate of drug-likeness (QED) is 0.290. The van der Waals surface area contributed by atoms with Crippen LogP contribution in [0.2, 0.25) is 5.02 Å². The second-order valence-corrected chi connectivity index (χ2v) is 12.9. The molecule has 0 bridgehead atoms. The molecule has 0 saturated heterocycles. The van der Waals surface area contributed by atoms with Crippen molar-refractivity contribution in [2.75, 3.05) is 10.8 Å². The first-order chi connectivity index (χ1) is 19.7. The Balaban J connectivity index is 1.69. The van der Waals surface area contributed by atoms with E-state index in [-0.39, 0.29) is 23.4 Å². The van der Waals surface area contributed by atoms with Gasteiger partial charge in [0.1, 0.15) is 12.6 Å². The van der Waals surface area contributed by atoms with E-state index in [0.717, 1.165) is 47.5 Å². The maximum absolute atomic E-state index is 14.2. The van der Waals surface area contributed by atoms with Gasteiger partial charge in [-0.15, -0.1) is 0 Å². The summed E-state index contributed by atoms with van der Waals surface area (Å²) in [6, 6.07) is 21.5. The topological polar surface area (TPSA) is 86.8 Å². The molecule has 1 N–H and O–H groups in total. The van der Waals surface area contributed by atoms with E-state index in [4.69, 9.17) is 11.6 Å². The Bertz CT molecular complexity index is 1420. The van der Waals surface area contributed by atoms with Gasteiger partial charge >= 0.3 is 0 Å². The van der Waals surface area contributed by atoms with E-state index in [1.165, 1.54) is 17.0 Å². The number of carbonyl (C=O) groups is 2. The van der Waals surface area contributed by atoms with E-state index >= 15 is 0 Å². The Hall–Kier alpha value is -3.36. The fourth-order valence-corrected chi connectivity index (χ4v) is 6.89. The lowest BCUT2D eigenvalue weighted by molar-refractivity contribution is -0.140. The number of benzene rings is 3. The number of amides is 2. The molecular formula is C32H38ClN3O4S. The summed E-state index contributed by atoms with van der Waals surface area (Å²) in [6.07, 6.45) is 5.55. The highest BCUT2D eigenvalue weighted by molar-refractivity contribution is 7.92. The van der Waals surface area contributed by atoms with Crippen LogP contribution in [0.3, 0.4) is 0 Å². The van der Waals surface area contributed by atoms with Crippen molar-refractivity contribution in [3.8, 4) is 0 Å². The zero-order chi connectivity index (χ0) is 29.4. The van der Waals surface area contributed by atoms with Crippen LogP contribution in [-0.2, 0) is 26.2 Å². The van der Waals surface area contributed by atoms with Crippen molar-refractivity contribution in [1.82, 2.24) is 10.2 Å². The third-order valence-electron chi connectivity index (χ3n) is 7.50. The van der Waals surface area contributed by atoms with Crippen LogP contribution < -0.4 is 9.62 Å². The number of aryl methyl sites for hydroxylation is 1. The Kier molecular flexibility index (Phi) is 10.5. The molecule has 9 heteroatoms. The van der Waals surface area contributed by atoms with Gasteiger partial charge in [-0.05, 0) is 68.1 Å². The average molecular weight is 596 g/mol. The molecule has 1 aliphatic rings. The van der Waals surface area contributed by atoms with Gasteiger partial charge in [-0.1, -0.05) is 85.8 Å². The summed E-state index contributed by atoms with van der Waals surface area (Å²) >= 11 is 6.09. The first-order valence-corrected chi connectivity index (χ1v) is 16.0. The third kappa shape index (κ3) is 7.89.